The third-order valence-corrected chi connectivity index (χ3v) is 15.5. The van der Waals surface area contributed by atoms with E-state index in [2.05, 4.69) is 81.5 Å². The number of carbonyl (C=O) groups excluding carboxylic acids is 3. The summed E-state index contributed by atoms with van der Waals surface area (Å²) in [5.74, 6) is -0.876. The summed E-state index contributed by atoms with van der Waals surface area (Å²) in [6, 6.07) is 0. The lowest BCUT2D eigenvalue weighted by Gasteiger charge is -2.18. The number of esters is 3. The van der Waals surface area contributed by atoms with Crippen molar-refractivity contribution in [2.75, 3.05) is 13.2 Å². The summed E-state index contributed by atoms with van der Waals surface area (Å²) in [4.78, 5) is 38.5. The second-order valence-electron chi connectivity index (χ2n) is 23.4. The van der Waals surface area contributed by atoms with E-state index >= 15 is 0 Å². The standard InChI is InChI=1S/C73H132O6/c1-4-7-10-13-16-19-22-25-28-31-34-36-38-39-42-45-48-51-54-57-60-63-66-72(75)78-69-70(68-77-71(74)65-62-59-56-53-50-47-44-41-33-30-27-24-21-18-15-12-9-6-3)79-73(76)67-64-61-58-55-52-49-46-43-40-37-35-32-29-26-23-20-17-14-11-8-5-2/h21,23-24,26,30,32-33,35,40,43,70H,4-20,22,25,27-29,31,34,36-39,41-42,44-69H2,1-3H3/b24-21-,26-23-,33-30-,35-32-,43-40-. The first-order valence-electron chi connectivity index (χ1n) is 34.8. The molecular weight excluding hydrogens is 973 g/mol. The number of ether oxygens (including phenoxy) is 3. The summed E-state index contributed by atoms with van der Waals surface area (Å²) < 4.78 is 17.0. The minimum absolute atomic E-state index is 0.0788. The molecule has 0 fully saturated rings. The number of rotatable bonds is 64. The zero-order valence-corrected chi connectivity index (χ0v) is 52.9. The maximum absolute atomic E-state index is 13.0. The average molecular weight is 1110 g/mol. The Morgan fingerprint density at radius 1 is 0.253 bits per heavy atom. The largest absolute Gasteiger partial charge is 0.462 e. The highest BCUT2D eigenvalue weighted by Gasteiger charge is 2.19. The molecule has 0 radical (unpaired) electrons. The van der Waals surface area contributed by atoms with E-state index in [9.17, 15) is 14.4 Å². The Bertz CT molecular complexity index is 1410. The van der Waals surface area contributed by atoms with Gasteiger partial charge in [0.2, 0.25) is 0 Å². The fraction of sp³-hybridized carbons (Fsp3) is 0.822. The molecule has 0 saturated carbocycles. The maximum atomic E-state index is 13.0. The van der Waals surface area contributed by atoms with Gasteiger partial charge in [-0.1, -0.05) is 319 Å². The Kier molecular flexibility index (Phi) is 65.1. The zero-order valence-electron chi connectivity index (χ0n) is 52.9. The number of hydrogen-bond acceptors (Lipinski definition) is 6. The quantitative estimate of drug-likeness (QED) is 0.0261. The molecule has 1 unspecified atom stereocenters. The van der Waals surface area contributed by atoms with E-state index in [1.807, 2.05) is 0 Å². The summed E-state index contributed by atoms with van der Waals surface area (Å²) in [5.41, 5.74) is 0. The van der Waals surface area contributed by atoms with Gasteiger partial charge in [-0.2, -0.15) is 0 Å². The minimum Gasteiger partial charge on any atom is -0.462 e. The van der Waals surface area contributed by atoms with Crippen LogP contribution in [0.5, 0.6) is 0 Å². The van der Waals surface area contributed by atoms with Crippen molar-refractivity contribution in [2.45, 2.75) is 374 Å². The van der Waals surface area contributed by atoms with Crippen molar-refractivity contribution in [1.82, 2.24) is 0 Å². The van der Waals surface area contributed by atoms with Gasteiger partial charge in [0.25, 0.3) is 0 Å². The highest BCUT2D eigenvalue weighted by atomic mass is 16.6. The normalized spacial score (nSPS) is 12.4. The summed E-state index contributed by atoms with van der Waals surface area (Å²) >= 11 is 0. The van der Waals surface area contributed by atoms with E-state index in [1.54, 1.807) is 0 Å². The molecule has 6 heteroatoms. The second-order valence-corrected chi connectivity index (χ2v) is 23.4. The lowest BCUT2D eigenvalue weighted by Crippen LogP contribution is -2.30. The van der Waals surface area contributed by atoms with E-state index < -0.39 is 6.10 Å². The molecule has 6 nitrogen and oxygen atoms in total. The van der Waals surface area contributed by atoms with Crippen LogP contribution < -0.4 is 0 Å². The molecule has 0 amide bonds. The van der Waals surface area contributed by atoms with Crippen LogP contribution in [0.4, 0.5) is 0 Å². The van der Waals surface area contributed by atoms with Crippen molar-refractivity contribution in [3.63, 3.8) is 0 Å². The number of unbranched alkanes of at least 4 members (excludes halogenated alkanes) is 43. The Morgan fingerprint density at radius 3 is 0.722 bits per heavy atom. The van der Waals surface area contributed by atoms with E-state index in [0.717, 1.165) is 96.3 Å². The molecule has 0 aromatic rings. The van der Waals surface area contributed by atoms with Crippen LogP contribution in [0.3, 0.4) is 0 Å². The van der Waals surface area contributed by atoms with Crippen LogP contribution in [0.25, 0.3) is 0 Å². The van der Waals surface area contributed by atoms with E-state index in [0.29, 0.717) is 19.3 Å². The first-order valence-corrected chi connectivity index (χ1v) is 34.8. The SMILES string of the molecule is CCCCCC/C=C\C/C=C\CCCCCCCCCC(=O)OCC(COC(=O)CCCCCCCCCCCCCCCCCCCCCCCC)OC(=O)CCCCCCCC/C=C\C/C=C\C/C=C\CCCCCCC. The van der Waals surface area contributed by atoms with Gasteiger partial charge in [-0.15, -0.1) is 0 Å². The van der Waals surface area contributed by atoms with E-state index in [-0.39, 0.29) is 31.1 Å². The Hall–Kier alpha value is -2.89. The van der Waals surface area contributed by atoms with Crippen LogP contribution in [0.15, 0.2) is 60.8 Å². The minimum atomic E-state index is -0.785. The number of carbonyl (C=O) groups is 3. The Labute approximate surface area is 491 Å². The van der Waals surface area contributed by atoms with Crippen molar-refractivity contribution in [1.29, 1.82) is 0 Å². The fourth-order valence-corrected chi connectivity index (χ4v) is 10.2. The van der Waals surface area contributed by atoms with Gasteiger partial charge < -0.3 is 14.2 Å². The lowest BCUT2D eigenvalue weighted by molar-refractivity contribution is -0.167. The summed E-state index contributed by atoms with van der Waals surface area (Å²) in [6.45, 7) is 6.66. The monoisotopic (exact) mass is 1110 g/mol. The van der Waals surface area contributed by atoms with Gasteiger partial charge in [-0.25, -0.2) is 0 Å². The Morgan fingerprint density at radius 2 is 0.456 bits per heavy atom. The van der Waals surface area contributed by atoms with Gasteiger partial charge >= 0.3 is 17.9 Å². The molecule has 0 aliphatic carbocycles. The number of hydrogen-bond donors (Lipinski definition) is 0. The summed E-state index contributed by atoms with van der Waals surface area (Å²) in [6.07, 6.45) is 86.6. The first kappa shape index (κ1) is 76.1. The molecule has 0 aromatic heterocycles. The molecular formula is C73H132O6. The average Bonchev–Trinajstić information content (AvgIpc) is 3.45. The first-order chi connectivity index (χ1) is 39.0. The van der Waals surface area contributed by atoms with Crippen LogP contribution in [0.1, 0.15) is 367 Å². The van der Waals surface area contributed by atoms with Gasteiger partial charge in [0.05, 0.1) is 0 Å². The summed E-state index contributed by atoms with van der Waals surface area (Å²) in [5, 5.41) is 0. The lowest BCUT2D eigenvalue weighted by atomic mass is 10.0. The molecule has 1 atom stereocenters. The van der Waals surface area contributed by atoms with Crippen LogP contribution >= 0.6 is 0 Å². The smallest absolute Gasteiger partial charge is 0.306 e. The fourth-order valence-electron chi connectivity index (χ4n) is 10.2. The van der Waals surface area contributed by atoms with Crippen molar-refractivity contribution >= 4 is 17.9 Å². The van der Waals surface area contributed by atoms with E-state index in [4.69, 9.17) is 14.2 Å². The van der Waals surface area contributed by atoms with Crippen molar-refractivity contribution in [2.24, 2.45) is 0 Å². The molecule has 0 saturated heterocycles. The molecule has 0 N–H and O–H groups in total. The molecule has 0 heterocycles. The third kappa shape index (κ3) is 65.8. The maximum Gasteiger partial charge on any atom is 0.306 e. The predicted molar refractivity (Wildman–Crippen MR) is 344 cm³/mol. The zero-order chi connectivity index (χ0) is 57.1. The summed E-state index contributed by atoms with van der Waals surface area (Å²) in [7, 11) is 0. The second kappa shape index (κ2) is 67.6. The van der Waals surface area contributed by atoms with Crippen molar-refractivity contribution < 1.29 is 28.6 Å². The highest BCUT2D eigenvalue weighted by Crippen LogP contribution is 2.18. The number of allylic oxidation sites excluding steroid dienone is 10. The molecule has 0 aliphatic heterocycles. The van der Waals surface area contributed by atoms with Crippen LogP contribution in [0, 0.1) is 0 Å². The van der Waals surface area contributed by atoms with Crippen LogP contribution in [-0.2, 0) is 28.6 Å². The topological polar surface area (TPSA) is 78.9 Å². The molecule has 0 bridgehead atoms. The van der Waals surface area contributed by atoms with Crippen molar-refractivity contribution in [3.8, 4) is 0 Å². The Balaban J connectivity index is 4.37. The van der Waals surface area contributed by atoms with Gasteiger partial charge in [0.15, 0.2) is 6.10 Å². The van der Waals surface area contributed by atoms with Gasteiger partial charge in [0, 0.05) is 19.3 Å². The van der Waals surface area contributed by atoms with Gasteiger partial charge in [0.1, 0.15) is 13.2 Å². The molecule has 0 spiro atoms. The molecule has 0 aromatic carbocycles. The van der Waals surface area contributed by atoms with Gasteiger partial charge in [-0.3, -0.25) is 14.4 Å². The third-order valence-electron chi connectivity index (χ3n) is 15.5. The van der Waals surface area contributed by atoms with E-state index in [1.165, 1.54) is 231 Å². The highest BCUT2D eigenvalue weighted by molar-refractivity contribution is 5.71. The predicted octanol–water partition coefficient (Wildman–Crippen LogP) is 23.9. The van der Waals surface area contributed by atoms with Crippen LogP contribution in [-0.4, -0.2) is 37.2 Å². The van der Waals surface area contributed by atoms with Gasteiger partial charge in [-0.05, 0) is 89.9 Å². The van der Waals surface area contributed by atoms with Crippen LogP contribution in [0.2, 0.25) is 0 Å². The molecule has 79 heavy (non-hydrogen) atoms. The molecule has 460 valence electrons. The molecule has 0 rings (SSSR count). The molecule has 0 aliphatic rings. The van der Waals surface area contributed by atoms with Crippen molar-refractivity contribution in [3.05, 3.63) is 60.8 Å².